The van der Waals surface area contributed by atoms with Gasteiger partial charge in [0, 0.05) is 25.0 Å². The number of aromatic hydroxyl groups is 1. The molecule has 0 radical (unpaired) electrons. The summed E-state index contributed by atoms with van der Waals surface area (Å²) in [4.78, 5) is 21.4. The van der Waals surface area contributed by atoms with E-state index in [-0.39, 0.29) is 11.7 Å². The molecule has 0 aliphatic carbocycles. The molecule has 1 aromatic carbocycles. The molecule has 1 aromatic heterocycles. The number of rotatable bonds is 2. The average Bonchev–Trinajstić information content (AvgIpc) is 2.85. The van der Waals surface area contributed by atoms with E-state index in [1.807, 2.05) is 17.9 Å². The summed E-state index contributed by atoms with van der Waals surface area (Å²) in [7, 11) is 0. The van der Waals surface area contributed by atoms with Gasteiger partial charge in [-0.3, -0.25) is 4.79 Å². The third kappa shape index (κ3) is 2.95. The van der Waals surface area contributed by atoms with Gasteiger partial charge in [-0.05, 0) is 52.5 Å². The van der Waals surface area contributed by atoms with Crippen LogP contribution in [0.2, 0.25) is 0 Å². The highest BCUT2D eigenvalue weighted by Gasteiger charge is 2.22. The number of benzene rings is 1. The molecule has 3 rings (SSSR count). The number of nitrogens with one attached hydrogen (secondary N) is 1. The van der Waals surface area contributed by atoms with Crippen LogP contribution in [0.5, 0.6) is 5.75 Å². The fourth-order valence-electron chi connectivity index (χ4n) is 2.62. The predicted octanol–water partition coefficient (Wildman–Crippen LogP) is 2.31. The summed E-state index contributed by atoms with van der Waals surface area (Å²) < 4.78 is 0.666. The number of phenols is 1. The molecule has 0 atom stereocenters. The number of aromatic nitrogens is 2. The number of carbonyl (C=O) groups excluding carboxylic acids is 1. The lowest BCUT2D eigenvalue weighted by molar-refractivity contribution is -0.131. The largest absolute Gasteiger partial charge is 0.507 e. The summed E-state index contributed by atoms with van der Waals surface area (Å²) in [6.07, 6.45) is 2.82. The molecular weight excluding hydrogens is 334 g/mol. The van der Waals surface area contributed by atoms with Crippen molar-refractivity contribution in [2.24, 2.45) is 0 Å². The van der Waals surface area contributed by atoms with Crippen molar-refractivity contribution in [2.75, 3.05) is 6.54 Å². The Hall–Kier alpha value is -1.82. The van der Waals surface area contributed by atoms with Gasteiger partial charge in [-0.25, -0.2) is 4.98 Å². The van der Waals surface area contributed by atoms with Crippen LogP contribution in [0.4, 0.5) is 0 Å². The number of amides is 1. The van der Waals surface area contributed by atoms with Gasteiger partial charge in [-0.2, -0.15) is 0 Å². The normalized spacial score (nSPS) is 14.1. The van der Waals surface area contributed by atoms with E-state index in [4.69, 9.17) is 0 Å². The summed E-state index contributed by atoms with van der Waals surface area (Å²) in [5.74, 6) is 1.16. The SMILES string of the molecule is Cc1ncc(CC(=O)N2CCc3cc(O)c(Br)cc3C2)[nH]1. The van der Waals surface area contributed by atoms with Crippen molar-refractivity contribution in [2.45, 2.75) is 26.3 Å². The average molecular weight is 350 g/mol. The number of fused-ring (bicyclic) bond motifs is 1. The molecule has 0 spiro atoms. The van der Waals surface area contributed by atoms with Gasteiger partial charge in [0.2, 0.25) is 5.91 Å². The molecule has 2 heterocycles. The zero-order chi connectivity index (χ0) is 15.0. The highest BCUT2D eigenvalue weighted by atomic mass is 79.9. The van der Waals surface area contributed by atoms with Gasteiger partial charge in [0.15, 0.2) is 0 Å². The second-order valence-electron chi connectivity index (χ2n) is 5.31. The van der Waals surface area contributed by atoms with E-state index in [9.17, 15) is 9.90 Å². The van der Waals surface area contributed by atoms with Crippen molar-refractivity contribution >= 4 is 21.8 Å². The first-order valence-electron chi connectivity index (χ1n) is 6.81. The minimum atomic E-state index is 0.0912. The van der Waals surface area contributed by atoms with Crippen LogP contribution in [-0.4, -0.2) is 32.4 Å². The van der Waals surface area contributed by atoms with E-state index in [1.54, 1.807) is 12.3 Å². The van der Waals surface area contributed by atoms with Gasteiger partial charge < -0.3 is 15.0 Å². The monoisotopic (exact) mass is 349 g/mol. The molecule has 2 aromatic rings. The first kappa shape index (κ1) is 14.1. The van der Waals surface area contributed by atoms with Crippen LogP contribution in [0.1, 0.15) is 22.6 Å². The number of imidazole rings is 1. The van der Waals surface area contributed by atoms with Gasteiger partial charge >= 0.3 is 0 Å². The third-order valence-electron chi connectivity index (χ3n) is 3.73. The number of H-pyrrole nitrogens is 1. The van der Waals surface area contributed by atoms with Crippen molar-refractivity contribution in [1.29, 1.82) is 0 Å². The summed E-state index contributed by atoms with van der Waals surface area (Å²) in [5.41, 5.74) is 3.03. The molecule has 1 aliphatic heterocycles. The molecule has 5 nitrogen and oxygen atoms in total. The van der Waals surface area contributed by atoms with Crippen molar-refractivity contribution in [3.63, 3.8) is 0 Å². The van der Waals surface area contributed by atoms with Crippen LogP contribution < -0.4 is 0 Å². The van der Waals surface area contributed by atoms with Crippen molar-refractivity contribution in [3.8, 4) is 5.75 Å². The highest BCUT2D eigenvalue weighted by Crippen LogP contribution is 2.30. The number of nitrogens with zero attached hydrogens (tertiary/aromatic N) is 2. The summed E-state index contributed by atoms with van der Waals surface area (Å²) >= 11 is 3.32. The van der Waals surface area contributed by atoms with Crippen LogP contribution in [0, 0.1) is 6.92 Å². The Morgan fingerprint density at radius 1 is 1.48 bits per heavy atom. The molecule has 21 heavy (non-hydrogen) atoms. The van der Waals surface area contributed by atoms with E-state index in [2.05, 4.69) is 25.9 Å². The summed E-state index contributed by atoms with van der Waals surface area (Å²) in [6.45, 7) is 3.13. The van der Waals surface area contributed by atoms with Crippen LogP contribution in [-0.2, 0) is 24.2 Å². The van der Waals surface area contributed by atoms with E-state index in [1.165, 1.54) is 0 Å². The zero-order valence-corrected chi connectivity index (χ0v) is 13.3. The van der Waals surface area contributed by atoms with Crippen LogP contribution >= 0.6 is 15.9 Å². The van der Waals surface area contributed by atoms with Gasteiger partial charge in [-0.1, -0.05) is 0 Å². The molecule has 2 N–H and O–H groups in total. The standard InChI is InChI=1S/C15H16BrN3O2/c1-9-17-7-12(18-9)6-15(21)19-3-2-10-5-14(20)13(16)4-11(10)8-19/h4-5,7,20H,2-3,6,8H2,1H3,(H,17,18). The van der Waals surface area contributed by atoms with Crippen molar-refractivity contribution in [1.82, 2.24) is 14.9 Å². The molecule has 0 unspecified atom stereocenters. The molecular formula is C15H16BrN3O2. The molecule has 0 saturated carbocycles. The van der Waals surface area contributed by atoms with Crippen LogP contribution in [0.25, 0.3) is 0 Å². The number of carbonyl (C=O) groups is 1. The number of halogens is 1. The maximum absolute atomic E-state index is 12.4. The first-order chi connectivity index (χ1) is 10.0. The Bertz CT molecular complexity index is 696. The zero-order valence-electron chi connectivity index (χ0n) is 11.7. The van der Waals surface area contributed by atoms with E-state index in [0.29, 0.717) is 24.0 Å². The second-order valence-corrected chi connectivity index (χ2v) is 6.16. The number of hydrogen-bond donors (Lipinski definition) is 2. The fraction of sp³-hybridized carbons (Fsp3) is 0.333. The number of hydrogen-bond acceptors (Lipinski definition) is 3. The Balaban J connectivity index is 1.73. The minimum absolute atomic E-state index is 0.0912. The molecule has 1 amide bonds. The molecule has 0 saturated heterocycles. The lowest BCUT2D eigenvalue weighted by atomic mass is 9.99. The Labute approximate surface area is 131 Å². The van der Waals surface area contributed by atoms with Crippen LogP contribution in [0.3, 0.4) is 0 Å². The second kappa shape index (κ2) is 5.52. The van der Waals surface area contributed by atoms with Gasteiger partial charge in [0.1, 0.15) is 11.6 Å². The predicted molar refractivity (Wildman–Crippen MR) is 82.0 cm³/mol. The Morgan fingerprint density at radius 2 is 2.29 bits per heavy atom. The number of phenolic OH excluding ortho intramolecular Hbond substituents is 1. The summed E-state index contributed by atoms with van der Waals surface area (Å²) in [5, 5.41) is 9.71. The van der Waals surface area contributed by atoms with Gasteiger partial charge in [0.25, 0.3) is 0 Å². The molecule has 0 fully saturated rings. The highest BCUT2D eigenvalue weighted by molar-refractivity contribution is 9.10. The number of aromatic amines is 1. The smallest absolute Gasteiger partial charge is 0.228 e. The van der Waals surface area contributed by atoms with E-state index < -0.39 is 0 Å². The number of aryl methyl sites for hydroxylation is 1. The first-order valence-corrected chi connectivity index (χ1v) is 7.61. The maximum Gasteiger partial charge on any atom is 0.228 e. The van der Waals surface area contributed by atoms with Gasteiger partial charge in [0.05, 0.1) is 10.9 Å². The Morgan fingerprint density at radius 3 is 3.00 bits per heavy atom. The molecule has 6 heteroatoms. The van der Waals surface area contributed by atoms with Crippen LogP contribution in [0.15, 0.2) is 22.8 Å². The Kier molecular flexibility index (Phi) is 3.71. The minimum Gasteiger partial charge on any atom is -0.507 e. The van der Waals surface area contributed by atoms with Gasteiger partial charge in [-0.15, -0.1) is 0 Å². The quantitative estimate of drug-likeness (QED) is 0.873. The van der Waals surface area contributed by atoms with E-state index in [0.717, 1.165) is 29.1 Å². The van der Waals surface area contributed by atoms with Crippen molar-refractivity contribution in [3.05, 3.63) is 45.4 Å². The third-order valence-corrected chi connectivity index (χ3v) is 4.37. The molecule has 110 valence electrons. The fourth-order valence-corrected chi connectivity index (χ4v) is 3.01. The van der Waals surface area contributed by atoms with Crippen molar-refractivity contribution < 1.29 is 9.90 Å². The lowest BCUT2D eigenvalue weighted by Gasteiger charge is -2.29. The van der Waals surface area contributed by atoms with E-state index >= 15 is 0 Å². The summed E-state index contributed by atoms with van der Waals surface area (Å²) in [6, 6.07) is 3.67. The molecule has 0 bridgehead atoms. The molecule has 1 aliphatic rings. The maximum atomic E-state index is 12.4. The topological polar surface area (TPSA) is 69.2 Å². The lowest BCUT2D eigenvalue weighted by Crippen LogP contribution is -2.37.